The summed E-state index contributed by atoms with van der Waals surface area (Å²) in [7, 11) is 0. The van der Waals surface area contributed by atoms with Gasteiger partial charge in [0.25, 0.3) is 0 Å². The van der Waals surface area contributed by atoms with Crippen molar-refractivity contribution in [3.63, 3.8) is 0 Å². The minimum atomic E-state index is -0.852. The SMILES string of the molecule is Fc1cc2c(cc1F)NCC(Nc1nc(Br)c(Cl)n3ccnc13)C2. The molecule has 1 aliphatic heterocycles. The number of fused-ring (bicyclic) bond motifs is 2. The summed E-state index contributed by atoms with van der Waals surface area (Å²) in [5.41, 5.74) is 1.92. The fourth-order valence-electron chi connectivity index (χ4n) is 2.82. The van der Waals surface area contributed by atoms with E-state index >= 15 is 0 Å². The molecule has 1 unspecified atom stereocenters. The van der Waals surface area contributed by atoms with Gasteiger partial charge in [-0.05, 0) is 34.0 Å². The zero-order valence-electron chi connectivity index (χ0n) is 12.2. The first-order chi connectivity index (χ1) is 11.5. The Kier molecular flexibility index (Phi) is 3.80. The van der Waals surface area contributed by atoms with Gasteiger partial charge in [0.15, 0.2) is 23.1 Å². The van der Waals surface area contributed by atoms with Crippen LogP contribution in [0.5, 0.6) is 0 Å². The highest BCUT2D eigenvalue weighted by Crippen LogP contribution is 2.29. The van der Waals surface area contributed by atoms with Gasteiger partial charge in [-0.25, -0.2) is 18.7 Å². The zero-order valence-corrected chi connectivity index (χ0v) is 14.5. The highest BCUT2D eigenvalue weighted by Gasteiger charge is 2.22. The lowest BCUT2D eigenvalue weighted by molar-refractivity contribution is 0.506. The summed E-state index contributed by atoms with van der Waals surface area (Å²) in [5, 5.41) is 6.83. The van der Waals surface area contributed by atoms with Crippen molar-refractivity contribution in [1.29, 1.82) is 0 Å². The van der Waals surface area contributed by atoms with Crippen molar-refractivity contribution in [2.45, 2.75) is 12.5 Å². The third kappa shape index (κ3) is 2.59. The maximum Gasteiger partial charge on any atom is 0.181 e. The van der Waals surface area contributed by atoms with E-state index in [-0.39, 0.29) is 6.04 Å². The van der Waals surface area contributed by atoms with Crippen LogP contribution in [0.1, 0.15) is 5.56 Å². The summed E-state index contributed by atoms with van der Waals surface area (Å²) in [5.74, 6) is -1.14. The van der Waals surface area contributed by atoms with Crippen molar-refractivity contribution >= 4 is 44.7 Å². The van der Waals surface area contributed by atoms with E-state index in [0.717, 1.165) is 0 Å². The predicted octanol–water partition coefficient (Wildman–Crippen LogP) is 3.87. The van der Waals surface area contributed by atoms with Crippen LogP contribution in [0.15, 0.2) is 29.1 Å². The van der Waals surface area contributed by atoms with Gasteiger partial charge in [0.2, 0.25) is 0 Å². The molecule has 2 aromatic heterocycles. The van der Waals surface area contributed by atoms with E-state index < -0.39 is 11.6 Å². The number of nitrogens with one attached hydrogen (secondary N) is 2. The molecule has 0 spiro atoms. The van der Waals surface area contributed by atoms with E-state index in [1.807, 2.05) is 0 Å². The minimum absolute atomic E-state index is 0.0524. The molecule has 1 aromatic carbocycles. The van der Waals surface area contributed by atoms with Gasteiger partial charge in [0.1, 0.15) is 9.76 Å². The minimum Gasteiger partial charge on any atom is -0.383 e. The molecule has 0 saturated heterocycles. The van der Waals surface area contributed by atoms with Crippen molar-refractivity contribution in [2.24, 2.45) is 0 Å². The van der Waals surface area contributed by atoms with Gasteiger partial charge in [-0.2, -0.15) is 0 Å². The topological polar surface area (TPSA) is 54.2 Å². The molecule has 4 rings (SSSR count). The highest BCUT2D eigenvalue weighted by molar-refractivity contribution is 9.10. The Labute approximate surface area is 149 Å². The fraction of sp³-hybridized carbons (Fsp3) is 0.200. The molecule has 0 amide bonds. The summed E-state index contributed by atoms with van der Waals surface area (Å²) < 4.78 is 29.0. The second kappa shape index (κ2) is 5.86. The van der Waals surface area contributed by atoms with Crippen molar-refractivity contribution in [1.82, 2.24) is 14.4 Å². The van der Waals surface area contributed by atoms with Gasteiger partial charge in [0, 0.05) is 36.7 Å². The molecule has 9 heteroatoms. The number of halogens is 4. The summed E-state index contributed by atoms with van der Waals surface area (Å²) in [6.45, 7) is 0.548. The second-order valence-corrected chi connectivity index (χ2v) is 6.62. The maximum absolute atomic E-state index is 13.5. The van der Waals surface area contributed by atoms with Crippen LogP contribution in [-0.4, -0.2) is 27.0 Å². The van der Waals surface area contributed by atoms with E-state index in [0.29, 0.717) is 45.4 Å². The summed E-state index contributed by atoms with van der Waals surface area (Å²) in [6.07, 6.45) is 3.91. The summed E-state index contributed by atoms with van der Waals surface area (Å²) in [6, 6.07) is 2.36. The average molecular weight is 415 g/mol. The molecule has 0 radical (unpaired) electrons. The number of imidazole rings is 1. The van der Waals surface area contributed by atoms with Crippen LogP contribution in [0.3, 0.4) is 0 Å². The van der Waals surface area contributed by atoms with E-state index in [2.05, 4.69) is 36.5 Å². The molecule has 0 fully saturated rings. The molecule has 124 valence electrons. The Morgan fingerprint density at radius 3 is 2.96 bits per heavy atom. The van der Waals surface area contributed by atoms with Crippen LogP contribution in [0.2, 0.25) is 5.15 Å². The van der Waals surface area contributed by atoms with Crippen LogP contribution >= 0.6 is 27.5 Å². The molecule has 24 heavy (non-hydrogen) atoms. The van der Waals surface area contributed by atoms with E-state index in [4.69, 9.17) is 11.6 Å². The standard InChI is InChI=1S/C15H11BrClF2N5/c16-12-13(17)24-2-1-20-15(24)14(23-12)22-8-3-7-4-9(18)10(19)5-11(7)21-6-8/h1-2,4-5,8,21H,3,6H2,(H,22,23). The summed E-state index contributed by atoms with van der Waals surface area (Å²) >= 11 is 9.50. The predicted molar refractivity (Wildman–Crippen MR) is 91.7 cm³/mol. The molecule has 0 bridgehead atoms. The number of aromatic nitrogens is 3. The summed E-state index contributed by atoms with van der Waals surface area (Å²) in [4.78, 5) is 8.64. The number of hydrogen-bond acceptors (Lipinski definition) is 4. The quantitative estimate of drug-likeness (QED) is 0.668. The fourth-order valence-corrected chi connectivity index (χ4v) is 3.36. The van der Waals surface area contributed by atoms with E-state index in [1.165, 1.54) is 12.1 Å². The first-order valence-electron chi connectivity index (χ1n) is 7.19. The third-order valence-electron chi connectivity index (χ3n) is 3.94. The van der Waals surface area contributed by atoms with Crippen LogP contribution in [0.25, 0.3) is 5.65 Å². The van der Waals surface area contributed by atoms with E-state index in [9.17, 15) is 8.78 Å². The third-order valence-corrected chi connectivity index (χ3v) is 5.08. The molecule has 5 nitrogen and oxygen atoms in total. The number of benzene rings is 1. The van der Waals surface area contributed by atoms with Crippen LogP contribution in [0.4, 0.5) is 20.3 Å². The monoisotopic (exact) mass is 413 g/mol. The molecule has 1 atom stereocenters. The van der Waals surface area contributed by atoms with Crippen molar-refractivity contribution < 1.29 is 8.78 Å². The maximum atomic E-state index is 13.5. The second-order valence-electron chi connectivity index (χ2n) is 5.51. The van der Waals surface area contributed by atoms with Gasteiger partial charge >= 0.3 is 0 Å². The number of rotatable bonds is 2. The first-order valence-corrected chi connectivity index (χ1v) is 8.36. The Bertz CT molecular complexity index is 945. The zero-order chi connectivity index (χ0) is 16.8. The molecule has 3 heterocycles. The van der Waals surface area contributed by atoms with Gasteiger partial charge in [-0.3, -0.25) is 4.40 Å². The normalized spacial score (nSPS) is 16.8. The average Bonchev–Trinajstić information content (AvgIpc) is 3.04. The molecule has 0 aliphatic carbocycles. The Morgan fingerprint density at radius 2 is 2.12 bits per heavy atom. The molecule has 2 N–H and O–H groups in total. The van der Waals surface area contributed by atoms with Crippen LogP contribution in [-0.2, 0) is 6.42 Å². The van der Waals surface area contributed by atoms with E-state index in [1.54, 1.807) is 16.8 Å². The molecular weight excluding hydrogens is 404 g/mol. The van der Waals surface area contributed by atoms with Crippen LogP contribution < -0.4 is 10.6 Å². The Hall–Kier alpha value is -1.93. The number of hydrogen-bond donors (Lipinski definition) is 2. The highest BCUT2D eigenvalue weighted by atomic mass is 79.9. The smallest absolute Gasteiger partial charge is 0.181 e. The first kappa shape index (κ1) is 15.6. The molecule has 1 aliphatic rings. The van der Waals surface area contributed by atoms with Crippen molar-refractivity contribution in [2.75, 3.05) is 17.2 Å². The van der Waals surface area contributed by atoms with Gasteiger partial charge in [0.05, 0.1) is 0 Å². The lowest BCUT2D eigenvalue weighted by Crippen LogP contribution is -2.35. The molecular formula is C15H11BrClF2N5. The largest absolute Gasteiger partial charge is 0.383 e. The Balaban J connectivity index is 1.64. The van der Waals surface area contributed by atoms with Crippen LogP contribution in [0, 0.1) is 11.6 Å². The lowest BCUT2D eigenvalue weighted by atomic mass is 9.99. The Morgan fingerprint density at radius 1 is 1.33 bits per heavy atom. The number of anilines is 2. The lowest BCUT2D eigenvalue weighted by Gasteiger charge is -2.27. The van der Waals surface area contributed by atoms with Gasteiger partial charge < -0.3 is 10.6 Å². The van der Waals surface area contributed by atoms with Crippen molar-refractivity contribution in [3.05, 3.63) is 51.5 Å². The molecule has 3 aromatic rings. The van der Waals surface area contributed by atoms with Gasteiger partial charge in [-0.1, -0.05) is 11.6 Å². The molecule has 0 saturated carbocycles. The van der Waals surface area contributed by atoms with Crippen molar-refractivity contribution in [3.8, 4) is 0 Å². The number of nitrogens with zero attached hydrogens (tertiary/aromatic N) is 3. The van der Waals surface area contributed by atoms with Gasteiger partial charge in [-0.15, -0.1) is 0 Å².